The maximum Gasteiger partial charge on any atom is 0.0231 e. The van der Waals surface area contributed by atoms with Gasteiger partial charge < -0.3 is 19.6 Å². The van der Waals surface area contributed by atoms with E-state index in [-0.39, 0.29) is 0 Å². The van der Waals surface area contributed by atoms with Crippen molar-refractivity contribution < 1.29 is 0 Å². The molecule has 4 nitrogen and oxygen atoms in total. The van der Waals surface area contributed by atoms with Gasteiger partial charge in [-0.25, -0.2) is 0 Å². The Morgan fingerprint density at radius 3 is 0.821 bits per heavy atom. The van der Waals surface area contributed by atoms with Gasteiger partial charge in [-0.1, -0.05) is 265 Å². The van der Waals surface area contributed by atoms with Crippen molar-refractivity contribution >= 4 is 0 Å². The number of allylic oxidation sites excluding steroid dienone is 3. The standard InChI is InChI=1S/C41H82N2.C22H46N2/c1-5-7-9-11-13-15-17-19-21-23-25-27-29-31-33-35-39-43(41-37-38-42(3)4)40-36-34-32-30-28-26-24-22-20-18-16-14-12-10-8-6-2;1-5-8-9-10-11-12-13-14-15-16-20-23(4)21-17-22-24(18-6-2)19-7-3/h35-36,39-40H,5-34,37-38,41H2,1-4H3;16,20H,5-15,17-19,21-22H2,1-4H3. The first-order chi connectivity index (χ1) is 32.9. The first kappa shape index (κ1) is 67.8. The maximum absolute atomic E-state index is 2.61. The predicted octanol–water partition coefficient (Wildman–Crippen LogP) is 20.5. The summed E-state index contributed by atoms with van der Waals surface area (Å²) in [6.07, 6.45) is 74.5. The Balaban J connectivity index is 0. The summed E-state index contributed by atoms with van der Waals surface area (Å²) in [6, 6.07) is 0. The quantitative estimate of drug-likeness (QED) is 0.0563. The Labute approximate surface area is 425 Å². The van der Waals surface area contributed by atoms with Crippen LogP contribution < -0.4 is 0 Å². The lowest BCUT2D eigenvalue weighted by atomic mass is 10.0. The number of nitrogens with zero attached hydrogens (tertiary/aromatic N) is 4. The van der Waals surface area contributed by atoms with E-state index in [1.54, 1.807) is 0 Å². The molecule has 67 heavy (non-hydrogen) atoms. The van der Waals surface area contributed by atoms with Gasteiger partial charge in [-0.05, 0) is 123 Å². The third kappa shape index (κ3) is 60.8. The predicted molar refractivity (Wildman–Crippen MR) is 309 cm³/mol. The summed E-state index contributed by atoms with van der Waals surface area (Å²) in [5, 5.41) is 0. The van der Waals surface area contributed by atoms with E-state index >= 15 is 0 Å². The largest absolute Gasteiger partial charge is 0.381 e. The van der Waals surface area contributed by atoms with Gasteiger partial charge in [-0.3, -0.25) is 0 Å². The third-order valence-corrected chi connectivity index (χ3v) is 13.7. The molecule has 0 aliphatic rings. The van der Waals surface area contributed by atoms with Crippen molar-refractivity contribution in [2.75, 3.05) is 60.4 Å². The monoisotopic (exact) mass is 941 g/mol. The summed E-state index contributed by atoms with van der Waals surface area (Å²) >= 11 is 0. The molecule has 0 saturated carbocycles. The molecule has 0 N–H and O–H groups in total. The van der Waals surface area contributed by atoms with E-state index in [4.69, 9.17) is 0 Å². The number of unbranched alkanes of at least 4 members (excludes halogenated alkanes) is 36. The number of hydrogen-bond donors (Lipinski definition) is 0. The minimum absolute atomic E-state index is 1.13. The fourth-order valence-electron chi connectivity index (χ4n) is 9.34. The number of rotatable bonds is 54. The minimum atomic E-state index is 1.13. The first-order valence-corrected chi connectivity index (χ1v) is 30.8. The van der Waals surface area contributed by atoms with Crippen LogP contribution in [0.4, 0.5) is 0 Å². The van der Waals surface area contributed by atoms with E-state index in [0.717, 1.165) is 13.1 Å². The van der Waals surface area contributed by atoms with Crippen LogP contribution in [0.2, 0.25) is 0 Å². The second-order valence-corrected chi connectivity index (χ2v) is 21.3. The summed E-state index contributed by atoms with van der Waals surface area (Å²) in [5.74, 6) is 0. The second-order valence-electron chi connectivity index (χ2n) is 21.3. The fourth-order valence-corrected chi connectivity index (χ4v) is 9.34. The van der Waals surface area contributed by atoms with Crippen molar-refractivity contribution in [1.82, 2.24) is 19.6 Å². The topological polar surface area (TPSA) is 13.0 Å². The van der Waals surface area contributed by atoms with Crippen LogP contribution in [-0.2, 0) is 0 Å². The normalized spacial score (nSPS) is 11.9. The third-order valence-electron chi connectivity index (χ3n) is 13.7. The molecule has 0 amide bonds. The molecule has 0 aromatic rings. The fraction of sp³-hybridized carbons (Fsp3) is 0.905. The Bertz CT molecular complexity index is 910. The van der Waals surface area contributed by atoms with Crippen LogP contribution in [0.3, 0.4) is 0 Å². The van der Waals surface area contributed by atoms with Gasteiger partial charge in [0.1, 0.15) is 0 Å². The molecule has 400 valence electrons. The average Bonchev–Trinajstić information content (AvgIpc) is 3.31. The van der Waals surface area contributed by atoms with E-state index < -0.39 is 0 Å². The molecule has 0 atom stereocenters. The smallest absolute Gasteiger partial charge is 0.0231 e. The molecular formula is C63H128N4. The summed E-state index contributed by atoms with van der Waals surface area (Å²) in [6.45, 7) is 18.7. The molecule has 0 aromatic carbocycles. The molecule has 0 unspecified atom stereocenters. The molecule has 4 heteroatoms. The van der Waals surface area contributed by atoms with E-state index in [1.165, 1.54) is 302 Å². The minimum Gasteiger partial charge on any atom is -0.381 e. The zero-order valence-electron chi connectivity index (χ0n) is 47.9. The van der Waals surface area contributed by atoms with Crippen LogP contribution >= 0.6 is 0 Å². The van der Waals surface area contributed by atoms with Crippen LogP contribution in [0.15, 0.2) is 36.8 Å². The zero-order chi connectivity index (χ0) is 49.2. The molecule has 0 rings (SSSR count). The van der Waals surface area contributed by atoms with Crippen LogP contribution in [0.1, 0.15) is 311 Å². The molecule has 0 spiro atoms. The van der Waals surface area contributed by atoms with Gasteiger partial charge in [0.15, 0.2) is 0 Å². The van der Waals surface area contributed by atoms with Gasteiger partial charge >= 0.3 is 0 Å². The molecule has 0 aliphatic heterocycles. The Morgan fingerprint density at radius 2 is 0.522 bits per heavy atom. The van der Waals surface area contributed by atoms with E-state index in [2.05, 4.69) is 112 Å². The lowest BCUT2D eigenvalue weighted by Crippen LogP contribution is -2.28. The SMILES string of the molecule is CCCCCCCCCCC=CN(C)CCCN(CCC)CCC.CCCCCCCCCCCCCCCCC=CN(C=CCCCCCCCCCCCCCCCC)CCCN(C)C. The summed E-state index contributed by atoms with van der Waals surface area (Å²) < 4.78 is 0. The van der Waals surface area contributed by atoms with Gasteiger partial charge in [0, 0.05) is 20.1 Å². The highest BCUT2D eigenvalue weighted by molar-refractivity contribution is 4.92. The van der Waals surface area contributed by atoms with E-state index in [0.29, 0.717) is 0 Å². The number of hydrogen-bond acceptors (Lipinski definition) is 4. The lowest BCUT2D eigenvalue weighted by Gasteiger charge is -2.22. The summed E-state index contributed by atoms with van der Waals surface area (Å²) in [5.41, 5.74) is 0. The summed E-state index contributed by atoms with van der Waals surface area (Å²) in [4.78, 5) is 9.71. The van der Waals surface area contributed by atoms with E-state index in [9.17, 15) is 0 Å². The van der Waals surface area contributed by atoms with Crippen molar-refractivity contribution in [2.45, 2.75) is 311 Å². The summed E-state index contributed by atoms with van der Waals surface area (Å²) in [7, 11) is 6.58. The highest BCUT2D eigenvalue weighted by Crippen LogP contribution is 2.16. The molecule has 0 radical (unpaired) electrons. The highest BCUT2D eigenvalue weighted by Gasteiger charge is 2.03. The second kappa shape index (κ2) is 60.9. The van der Waals surface area contributed by atoms with Crippen LogP contribution in [0.5, 0.6) is 0 Å². The van der Waals surface area contributed by atoms with Crippen molar-refractivity contribution in [1.29, 1.82) is 0 Å². The molecule has 0 heterocycles. The molecule has 0 fully saturated rings. The molecule has 0 bridgehead atoms. The van der Waals surface area contributed by atoms with Crippen LogP contribution in [0, 0.1) is 0 Å². The Kier molecular flexibility index (Phi) is 61.6. The molecule has 0 aliphatic carbocycles. The Hall–Kier alpha value is -1.26. The van der Waals surface area contributed by atoms with Gasteiger partial charge in [0.05, 0.1) is 0 Å². The first-order valence-electron chi connectivity index (χ1n) is 30.8. The average molecular weight is 942 g/mol. The van der Waals surface area contributed by atoms with Crippen molar-refractivity contribution in [3.05, 3.63) is 36.8 Å². The Morgan fingerprint density at radius 1 is 0.239 bits per heavy atom. The van der Waals surface area contributed by atoms with Gasteiger partial charge in [-0.2, -0.15) is 0 Å². The van der Waals surface area contributed by atoms with Crippen molar-refractivity contribution in [3.63, 3.8) is 0 Å². The molecule has 0 aromatic heterocycles. The van der Waals surface area contributed by atoms with E-state index in [1.807, 2.05) is 0 Å². The molecular weight excluding hydrogens is 813 g/mol. The van der Waals surface area contributed by atoms with Gasteiger partial charge in [0.25, 0.3) is 0 Å². The lowest BCUT2D eigenvalue weighted by molar-refractivity contribution is 0.260. The van der Waals surface area contributed by atoms with Crippen molar-refractivity contribution in [2.24, 2.45) is 0 Å². The van der Waals surface area contributed by atoms with Crippen LogP contribution in [-0.4, -0.2) is 80.0 Å². The van der Waals surface area contributed by atoms with Gasteiger partial charge in [0.2, 0.25) is 0 Å². The van der Waals surface area contributed by atoms with Crippen molar-refractivity contribution in [3.8, 4) is 0 Å². The maximum atomic E-state index is 2.61. The van der Waals surface area contributed by atoms with Gasteiger partial charge in [-0.15, -0.1) is 0 Å². The molecule has 0 saturated heterocycles. The highest BCUT2D eigenvalue weighted by atomic mass is 15.1. The zero-order valence-corrected chi connectivity index (χ0v) is 47.9. The van der Waals surface area contributed by atoms with Crippen LogP contribution in [0.25, 0.3) is 0 Å².